The predicted octanol–water partition coefficient (Wildman–Crippen LogP) is 2.17. The molecule has 1 aromatic rings. The SMILES string of the molecule is CCNCC1CCN(C(=O)c2cc3c(cc2F)NC(=O)CC3)CC1. The summed E-state index contributed by atoms with van der Waals surface area (Å²) in [6.45, 7) is 5.35. The van der Waals surface area contributed by atoms with Gasteiger partial charge in [0.05, 0.1) is 5.56 Å². The van der Waals surface area contributed by atoms with Crippen molar-refractivity contribution >= 4 is 17.5 Å². The topological polar surface area (TPSA) is 61.4 Å². The molecule has 0 spiro atoms. The molecule has 1 fully saturated rings. The van der Waals surface area contributed by atoms with Crippen LogP contribution in [0.4, 0.5) is 10.1 Å². The third-order valence-electron chi connectivity index (χ3n) is 4.90. The smallest absolute Gasteiger partial charge is 0.256 e. The molecule has 2 aliphatic rings. The van der Waals surface area contributed by atoms with Gasteiger partial charge in [0.1, 0.15) is 5.82 Å². The van der Waals surface area contributed by atoms with Crippen LogP contribution in [0.1, 0.15) is 42.1 Å². The molecule has 24 heavy (non-hydrogen) atoms. The molecule has 2 N–H and O–H groups in total. The highest BCUT2D eigenvalue weighted by Gasteiger charge is 2.27. The summed E-state index contributed by atoms with van der Waals surface area (Å²) in [5.74, 6) is -0.328. The number of halogens is 1. The number of anilines is 1. The highest BCUT2D eigenvalue weighted by Crippen LogP contribution is 2.27. The molecule has 1 aromatic carbocycles. The molecule has 0 bridgehead atoms. The van der Waals surface area contributed by atoms with E-state index in [1.807, 2.05) is 0 Å². The van der Waals surface area contributed by atoms with Crippen molar-refractivity contribution < 1.29 is 14.0 Å². The maximum atomic E-state index is 14.3. The standard InChI is InChI=1S/C18H24FN3O2/c1-2-20-11-12-5-7-22(8-6-12)18(24)14-9-13-3-4-17(23)21-16(13)10-15(14)19/h9-10,12,20H,2-8,11H2,1H3,(H,21,23). The molecule has 0 radical (unpaired) electrons. The predicted molar refractivity (Wildman–Crippen MR) is 90.5 cm³/mol. The van der Waals surface area contributed by atoms with Crippen molar-refractivity contribution in [3.8, 4) is 0 Å². The quantitative estimate of drug-likeness (QED) is 0.888. The number of hydrogen-bond donors (Lipinski definition) is 2. The molecule has 1 saturated heterocycles. The fourth-order valence-electron chi connectivity index (χ4n) is 3.43. The highest BCUT2D eigenvalue weighted by molar-refractivity contribution is 5.98. The lowest BCUT2D eigenvalue weighted by molar-refractivity contribution is -0.116. The van der Waals surface area contributed by atoms with E-state index in [-0.39, 0.29) is 17.4 Å². The zero-order valence-electron chi connectivity index (χ0n) is 14.0. The molecule has 0 atom stereocenters. The fraction of sp³-hybridized carbons (Fsp3) is 0.556. The minimum absolute atomic E-state index is 0.108. The van der Waals surface area contributed by atoms with Crippen LogP contribution in [0.2, 0.25) is 0 Å². The van der Waals surface area contributed by atoms with Gasteiger partial charge in [-0.1, -0.05) is 6.92 Å². The maximum absolute atomic E-state index is 14.3. The van der Waals surface area contributed by atoms with E-state index in [0.717, 1.165) is 31.5 Å². The second kappa shape index (κ2) is 7.30. The van der Waals surface area contributed by atoms with Crippen LogP contribution in [-0.2, 0) is 11.2 Å². The minimum atomic E-state index is -0.560. The van der Waals surface area contributed by atoms with E-state index < -0.39 is 5.82 Å². The van der Waals surface area contributed by atoms with E-state index in [2.05, 4.69) is 17.6 Å². The van der Waals surface area contributed by atoms with Crippen molar-refractivity contribution in [2.75, 3.05) is 31.5 Å². The summed E-state index contributed by atoms with van der Waals surface area (Å²) in [5, 5.41) is 6.00. The average Bonchev–Trinajstić information content (AvgIpc) is 2.59. The lowest BCUT2D eigenvalue weighted by Gasteiger charge is -2.32. The summed E-state index contributed by atoms with van der Waals surface area (Å²) in [6, 6.07) is 2.88. The van der Waals surface area contributed by atoms with Crippen LogP contribution in [0.5, 0.6) is 0 Å². The second-order valence-electron chi connectivity index (χ2n) is 6.58. The van der Waals surface area contributed by atoms with E-state index in [9.17, 15) is 14.0 Å². The molecule has 2 amide bonds. The number of benzene rings is 1. The number of hydrogen-bond acceptors (Lipinski definition) is 3. The number of nitrogens with zero attached hydrogens (tertiary/aromatic N) is 1. The molecular weight excluding hydrogens is 309 g/mol. The van der Waals surface area contributed by atoms with E-state index in [4.69, 9.17) is 0 Å². The summed E-state index contributed by atoms with van der Waals surface area (Å²) in [7, 11) is 0. The number of rotatable bonds is 4. The Kier molecular flexibility index (Phi) is 5.14. The van der Waals surface area contributed by atoms with Crippen molar-refractivity contribution in [3.63, 3.8) is 0 Å². The van der Waals surface area contributed by atoms with Gasteiger partial charge in [0.2, 0.25) is 5.91 Å². The number of carbonyl (C=O) groups excluding carboxylic acids is 2. The monoisotopic (exact) mass is 333 g/mol. The van der Waals surface area contributed by atoms with Crippen LogP contribution < -0.4 is 10.6 Å². The van der Waals surface area contributed by atoms with Gasteiger partial charge in [-0.25, -0.2) is 4.39 Å². The molecule has 3 rings (SSSR count). The zero-order chi connectivity index (χ0) is 17.1. The molecular formula is C18H24FN3O2. The van der Waals surface area contributed by atoms with Crippen molar-refractivity contribution in [1.29, 1.82) is 0 Å². The third-order valence-corrected chi connectivity index (χ3v) is 4.90. The van der Waals surface area contributed by atoms with Gasteiger partial charge in [-0.15, -0.1) is 0 Å². The Balaban J connectivity index is 1.69. The van der Waals surface area contributed by atoms with E-state index >= 15 is 0 Å². The van der Waals surface area contributed by atoms with Crippen LogP contribution in [0.25, 0.3) is 0 Å². The first kappa shape index (κ1) is 16.9. The largest absolute Gasteiger partial charge is 0.339 e. The molecule has 0 unspecified atom stereocenters. The molecule has 2 aliphatic heterocycles. The van der Waals surface area contributed by atoms with E-state index in [0.29, 0.717) is 37.5 Å². The normalized spacial score (nSPS) is 18.2. The Hall–Kier alpha value is -1.95. The van der Waals surface area contributed by atoms with Gasteiger partial charge in [-0.05, 0) is 56.0 Å². The lowest BCUT2D eigenvalue weighted by atomic mass is 9.95. The lowest BCUT2D eigenvalue weighted by Crippen LogP contribution is -2.41. The number of piperidine rings is 1. The molecule has 5 nitrogen and oxygen atoms in total. The van der Waals surface area contributed by atoms with Crippen LogP contribution in [0.3, 0.4) is 0 Å². The molecule has 130 valence electrons. The Morgan fingerprint density at radius 1 is 1.33 bits per heavy atom. The zero-order valence-corrected chi connectivity index (χ0v) is 14.0. The summed E-state index contributed by atoms with van der Waals surface area (Å²) < 4.78 is 14.3. The van der Waals surface area contributed by atoms with Crippen LogP contribution >= 0.6 is 0 Å². The number of amides is 2. The highest BCUT2D eigenvalue weighted by atomic mass is 19.1. The van der Waals surface area contributed by atoms with Crippen molar-refractivity contribution in [1.82, 2.24) is 10.2 Å². The molecule has 0 aliphatic carbocycles. The summed E-state index contributed by atoms with van der Waals surface area (Å²) in [4.78, 5) is 25.8. The first-order valence-corrected chi connectivity index (χ1v) is 8.70. The van der Waals surface area contributed by atoms with E-state index in [1.54, 1.807) is 11.0 Å². The van der Waals surface area contributed by atoms with Crippen LogP contribution in [0, 0.1) is 11.7 Å². The summed E-state index contributed by atoms with van der Waals surface area (Å²) in [6.07, 6.45) is 2.82. The van der Waals surface area contributed by atoms with Gasteiger partial charge in [-0.2, -0.15) is 0 Å². The number of likely N-dealkylation sites (tertiary alicyclic amines) is 1. The second-order valence-corrected chi connectivity index (χ2v) is 6.58. The number of fused-ring (bicyclic) bond motifs is 1. The molecule has 0 saturated carbocycles. The third kappa shape index (κ3) is 3.59. The Morgan fingerprint density at radius 2 is 2.08 bits per heavy atom. The number of carbonyl (C=O) groups is 2. The first-order valence-electron chi connectivity index (χ1n) is 8.70. The van der Waals surface area contributed by atoms with Gasteiger partial charge in [0, 0.05) is 25.2 Å². The van der Waals surface area contributed by atoms with Gasteiger partial charge in [0.25, 0.3) is 5.91 Å². The Bertz CT molecular complexity index is 639. The van der Waals surface area contributed by atoms with Crippen molar-refractivity contribution in [2.45, 2.75) is 32.6 Å². The summed E-state index contributed by atoms with van der Waals surface area (Å²) in [5.41, 5.74) is 1.45. The van der Waals surface area contributed by atoms with Crippen molar-refractivity contribution in [2.24, 2.45) is 5.92 Å². The maximum Gasteiger partial charge on any atom is 0.256 e. The van der Waals surface area contributed by atoms with Gasteiger partial charge >= 0.3 is 0 Å². The minimum Gasteiger partial charge on any atom is -0.339 e. The number of nitrogens with one attached hydrogen (secondary N) is 2. The first-order chi connectivity index (χ1) is 11.6. The number of aryl methyl sites for hydroxylation is 1. The molecule has 0 aromatic heterocycles. The van der Waals surface area contributed by atoms with Crippen LogP contribution in [0.15, 0.2) is 12.1 Å². The van der Waals surface area contributed by atoms with Gasteiger partial charge in [0.15, 0.2) is 0 Å². The average molecular weight is 333 g/mol. The van der Waals surface area contributed by atoms with Gasteiger partial charge < -0.3 is 15.5 Å². The van der Waals surface area contributed by atoms with Crippen LogP contribution in [-0.4, -0.2) is 42.9 Å². The fourth-order valence-corrected chi connectivity index (χ4v) is 3.43. The van der Waals surface area contributed by atoms with Gasteiger partial charge in [-0.3, -0.25) is 9.59 Å². The molecule has 6 heteroatoms. The van der Waals surface area contributed by atoms with E-state index in [1.165, 1.54) is 6.07 Å². The molecule has 2 heterocycles. The summed E-state index contributed by atoms with van der Waals surface area (Å²) >= 11 is 0. The van der Waals surface area contributed by atoms with Crippen molar-refractivity contribution in [3.05, 3.63) is 29.1 Å². The Morgan fingerprint density at radius 3 is 2.79 bits per heavy atom. The Labute approximate surface area is 141 Å².